The second-order valence-electron chi connectivity index (χ2n) is 3.57. The van der Waals surface area contributed by atoms with Gasteiger partial charge in [-0.05, 0) is 25.1 Å². The van der Waals surface area contributed by atoms with Gasteiger partial charge in [0.05, 0.1) is 25.5 Å². The number of carbonyl (C=O) groups is 2. The van der Waals surface area contributed by atoms with Gasteiger partial charge in [-0.3, -0.25) is 0 Å². The van der Waals surface area contributed by atoms with Crippen LogP contribution in [0.5, 0.6) is 0 Å². The number of carbonyl (C=O) groups excluding carboxylic acids is 2. The Morgan fingerprint density at radius 2 is 1.94 bits per heavy atom. The second kappa shape index (κ2) is 6.26. The number of benzene rings is 1. The van der Waals surface area contributed by atoms with E-state index in [1.165, 1.54) is 20.3 Å². The van der Waals surface area contributed by atoms with Crippen LogP contribution in [-0.4, -0.2) is 32.2 Å². The first-order valence-corrected chi connectivity index (χ1v) is 5.59. The second-order valence-corrected chi connectivity index (χ2v) is 4.01. The standard InChI is InChI=1S/C12H14ClNO4/c1-7(11(15)17-2)14-10-6-8(13)4-5-9(10)12(16)18-3/h4-7,14H,1-3H3. The van der Waals surface area contributed by atoms with E-state index in [0.29, 0.717) is 16.3 Å². The molecular weight excluding hydrogens is 258 g/mol. The monoisotopic (exact) mass is 271 g/mol. The van der Waals surface area contributed by atoms with Crippen LogP contribution >= 0.6 is 11.6 Å². The van der Waals surface area contributed by atoms with Gasteiger partial charge in [-0.2, -0.15) is 0 Å². The minimum Gasteiger partial charge on any atom is -0.467 e. The maximum atomic E-state index is 11.5. The number of esters is 2. The molecule has 0 saturated carbocycles. The van der Waals surface area contributed by atoms with Gasteiger partial charge in [0.2, 0.25) is 0 Å². The van der Waals surface area contributed by atoms with Gasteiger partial charge in [-0.15, -0.1) is 0 Å². The third-order valence-electron chi connectivity index (χ3n) is 2.31. The van der Waals surface area contributed by atoms with Crippen molar-refractivity contribution in [1.82, 2.24) is 0 Å². The number of rotatable bonds is 4. The SMILES string of the molecule is COC(=O)c1ccc(Cl)cc1NC(C)C(=O)OC. The van der Waals surface area contributed by atoms with Crippen LogP contribution in [0.3, 0.4) is 0 Å². The van der Waals surface area contributed by atoms with Crippen LogP contribution in [0, 0.1) is 0 Å². The molecular formula is C12H14ClNO4. The van der Waals surface area contributed by atoms with Crippen LogP contribution in [0.2, 0.25) is 5.02 Å². The molecule has 98 valence electrons. The quantitative estimate of drug-likeness (QED) is 0.850. The molecule has 0 spiro atoms. The molecule has 5 nitrogen and oxygen atoms in total. The number of hydrogen-bond donors (Lipinski definition) is 1. The Balaban J connectivity index is 3.02. The summed E-state index contributed by atoms with van der Waals surface area (Å²) in [6.45, 7) is 1.62. The van der Waals surface area contributed by atoms with E-state index in [2.05, 4.69) is 14.8 Å². The van der Waals surface area contributed by atoms with Crippen LogP contribution in [0.15, 0.2) is 18.2 Å². The van der Waals surface area contributed by atoms with Crippen molar-refractivity contribution in [2.75, 3.05) is 19.5 Å². The summed E-state index contributed by atoms with van der Waals surface area (Å²) in [6, 6.07) is 4.05. The van der Waals surface area contributed by atoms with Gasteiger partial charge in [0.25, 0.3) is 0 Å². The summed E-state index contributed by atoms with van der Waals surface area (Å²) in [5.74, 6) is -0.947. The number of nitrogens with one attached hydrogen (secondary N) is 1. The largest absolute Gasteiger partial charge is 0.467 e. The van der Waals surface area contributed by atoms with Crippen molar-refractivity contribution < 1.29 is 19.1 Å². The Hall–Kier alpha value is -1.75. The Labute approximate surface area is 110 Å². The van der Waals surface area contributed by atoms with E-state index < -0.39 is 18.0 Å². The Morgan fingerprint density at radius 1 is 1.28 bits per heavy atom. The van der Waals surface area contributed by atoms with Gasteiger partial charge in [-0.25, -0.2) is 9.59 Å². The molecule has 0 fully saturated rings. The Bertz CT molecular complexity index is 461. The van der Waals surface area contributed by atoms with E-state index in [4.69, 9.17) is 11.6 Å². The molecule has 1 aromatic carbocycles. The van der Waals surface area contributed by atoms with Gasteiger partial charge >= 0.3 is 11.9 Å². The van der Waals surface area contributed by atoms with Gasteiger partial charge in [0, 0.05) is 5.02 Å². The molecule has 0 heterocycles. The summed E-state index contributed by atoms with van der Waals surface area (Å²) in [7, 11) is 2.57. The summed E-state index contributed by atoms with van der Waals surface area (Å²) >= 11 is 5.85. The fraction of sp³-hybridized carbons (Fsp3) is 0.333. The summed E-state index contributed by atoms with van der Waals surface area (Å²) in [5, 5.41) is 3.30. The molecule has 1 rings (SSSR count). The highest BCUT2D eigenvalue weighted by Crippen LogP contribution is 2.22. The van der Waals surface area contributed by atoms with E-state index in [9.17, 15) is 9.59 Å². The maximum Gasteiger partial charge on any atom is 0.339 e. The van der Waals surface area contributed by atoms with Crippen molar-refractivity contribution in [3.63, 3.8) is 0 Å². The van der Waals surface area contributed by atoms with Crippen molar-refractivity contribution in [1.29, 1.82) is 0 Å². The van der Waals surface area contributed by atoms with Crippen molar-refractivity contribution >= 4 is 29.2 Å². The number of anilines is 1. The van der Waals surface area contributed by atoms with Crippen molar-refractivity contribution in [2.24, 2.45) is 0 Å². The first-order valence-electron chi connectivity index (χ1n) is 5.21. The van der Waals surface area contributed by atoms with E-state index in [1.807, 2.05) is 0 Å². The van der Waals surface area contributed by atoms with E-state index in [1.54, 1.807) is 19.1 Å². The molecule has 1 N–H and O–H groups in total. The molecule has 0 aliphatic rings. The topological polar surface area (TPSA) is 64.6 Å². The molecule has 0 amide bonds. The lowest BCUT2D eigenvalue weighted by molar-refractivity contribution is -0.141. The van der Waals surface area contributed by atoms with Crippen molar-refractivity contribution in [3.8, 4) is 0 Å². The van der Waals surface area contributed by atoms with Crippen LogP contribution in [0.1, 0.15) is 17.3 Å². The highest BCUT2D eigenvalue weighted by atomic mass is 35.5. The molecule has 0 aromatic heterocycles. The molecule has 18 heavy (non-hydrogen) atoms. The number of methoxy groups -OCH3 is 2. The zero-order valence-electron chi connectivity index (χ0n) is 10.3. The summed E-state index contributed by atoms with van der Waals surface area (Å²) in [4.78, 5) is 22.9. The minimum absolute atomic E-state index is 0.303. The maximum absolute atomic E-state index is 11.5. The lowest BCUT2D eigenvalue weighted by Crippen LogP contribution is -2.28. The smallest absolute Gasteiger partial charge is 0.339 e. The van der Waals surface area contributed by atoms with Crippen molar-refractivity contribution in [3.05, 3.63) is 28.8 Å². The van der Waals surface area contributed by atoms with E-state index in [-0.39, 0.29) is 0 Å². The minimum atomic E-state index is -0.600. The van der Waals surface area contributed by atoms with Crippen molar-refractivity contribution in [2.45, 2.75) is 13.0 Å². The van der Waals surface area contributed by atoms with E-state index in [0.717, 1.165) is 0 Å². The summed E-state index contributed by atoms with van der Waals surface area (Å²) in [5.41, 5.74) is 0.727. The molecule has 1 aromatic rings. The molecule has 0 bridgehead atoms. The first kappa shape index (κ1) is 14.3. The summed E-state index contributed by atoms with van der Waals surface area (Å²) in [6.07, 6.45) is 0. The fourth-order valence-electron chi connectivity index (χ4n) is 1.39. The number of hydrogen-bond acceptors (Lipinski definition) is 5. The lowest BCUT2D eigenvalue weighted by Gasteiger charge is -2.15. The average Bonchev–Trinajstić information content (AvgIpc) is 2.37. The predicted octanol–water partition coefficient (Wildman–Crippen LogP) is 2.10. The molecule has 0 aliphatic carbocycles. The van der Waals surface area contributed by atoms with Gasteiger partial charge in [0.1, 0.15) is 6.04 Å². The molecule has 0 radical (unpaired) electrons. The lowest BCUT2D eigenvalue weighted by atomic mass is 10.1. The zero-order valence-corrected chi connectivity index (χ0v) is 11.1. The van der Waals surface area contributed by atoms with Gasteiger partial charge < -0.3 is 14.8 Å². The zero-order chi connectivity index (χ0) is 13.7. The molecule has 0 aliphatic heterocycles. The van der Waals surface area contributed by atoms with Crippen LogP contribution in [0.4, 0.5) is 5.69 Å². The van der Waals surface area contributed by atoms with Crippen LogP contribution < -0.4 is 5.32 Å². The normalized spacial score (nSPS) is 11.6. The third-order valence-corrected chi connectivity index (χ3v) is 2.55. The Kier molecular flexibility index (Phi) is 4.97. The highest BCUT2D eigenvalue weighted by molar-refractivity contribution is 6.31. The first-order chi connectivity index (χ1) is 8.49. The molecule has 0 saturated heterocycles. The molecule has 6 heteroatoms. The van der Waals surface area contributed by atoms with Gasteiger partial charge in [-0.1, -0.05) is 11.6 Å². The number of halogens is 1. The van der Waals surface area contributed by atoms with Gasteiger partial charge in [0.15, 0.2) is 0 Å². The van der Waals surface area contributed by atoms with Crippen LogP contribution in [0.25, 0.3) is 0 Å². The highest BCUT2D eigenvalue weighted by Gasteiger charge is 2.18. The van der Waals surface area contributed by atoms with E-state index >= 15 is 0 Å². The third kappa shape index (κ3) is 3.37. The molecule has 1 atom stereocenters. The average molecular weight is 272 g/mol. The summed E-state index contributed by atoms with van der Waals surface area (Å²) < 4.78 is 9.24. The fourth-order valence-corrected chi connectivity index (χ4v) is 1.56. The molecule has 1 unspecified atom stereocenters. The predicted molar refractivity (Wildman–Crippen MR) is 67.9 cm³/mol. The Morgan fingerprint density at radius 3 is 2.50 bits per heavy atom. The van der Waals surface area contributed by atoms with Crippen LogP contribution in [-0.2, 0) is 14.3 Å². The number of ether oxygens (including phenoxy) is 2.